The summed E-state index contributed by atoms with van der Waals surface area (Å²) in [6, 6.07) is 7.95. The Morgan fingerprint density at radius 1 is 1.24 bits per heavy atom. The second-order valence-corrected chi connectivity index (χ2v) is 4.63. The molecule has 0 spiro atoms. The van der Waals surface area contributed by atoms with E-state index >= 15 is 0 Å². The molecule has 2 aromatic heterocycles. The van der Waals surface area contributed by atoms with Gasteiger partial charge in [0.05, 0.1) is 6.20 Å². The van der Waals surface area contributed by atoms with Crippen molar-refractivity contribution < 1.29 is 4.74 Å². The van der Waals surface area contributed by atoms with Gasteiger partial charge in [0.15, 0.2) is 5.65 Å². The van der Waals surface area contributed by atoms with Crippen LogP contribution in [-0.4, -0.2) is 20.2 Å². The van der Waals surface area contributed by atoms with E-state index in [4.69, 9.17) is 10.6 Å². The van der Waals surface area contributed by atoms with Gasteiger partial charge in [0, 0.05) is 0 Å². The normalized spacial score (nSPS) is 10.8. The van der Waals surface area contributed by atoms with Crippen LogP contribution < -0.4 is 16.0 Å². The number of hydrazine groups is 1. The summed E-state index contributed by atoms with van der Waals surface area (Å²) in [4.78, 5) is 8.37. The van der Waals surface area contributed by atoms with Crippen LogP contribution in [0.5, 0.6) is 11.6 Å². The molecule has 0 aliphatic rings. The number of aromatic amines is 1. The fourth-order valence-electron chi connectivity index (χ4n) is 2.08. The highest BCUT2D eigenvalue weighted by molar-refractivity contribution is 5.80. The number of anilines is 1. The highest BCUT2D eigenvalue weighted by Crippen LogP contribution is 2.27. The molecule has 4 N–H and O–H groups in total. The summed E-state index contributed by atoms with van der Waals surface area (Å²) < 4.78 is 5.82. The maximum atomic E-state index is 5.82. The zero-order valence-corrected chi connectivity index (χ0v) is 11.6. The smallest absolute Gasteiger partial charge is 0.242 e. The summed E-state index contributed by atoms with van der Waals surface area (Å²) in [5.41, 5.74) is 4.26. The van der Waals surface area contributed by atoms with Crippen molar-refractivity contribution in [2.75, 3.05) is 5.43 Å². The van der Waals surface area contributed by atoms with Gasteiger partial charge in [-0.2, -0.15) is 15.1 Å². The van der Waals surface area contributed by atoms with Gasteiger partial charge in [0.1, 0.15) is 11.1 Å². The van der Waals surface area contributed by atoms with Crippen LogP contribution in [0.3, 0.4) is 0 Å². The van der Waals surface area contributed by atoms with E-state index < -0.39 is 0 Å². The van der Waals surface area contributed by atoms with Gasteiger partial charge >= 0.3 is 0 Å². The maximum absolute atomic E-state index is 5.82. The van der Waals surface area contributed by atoms with Gasteiger partial charge in [-0.25, -0.2) is 5.84 Å². The van der Waals surface area contributed by atoms with Gasteiger partial charge in [-0.1, -0.05) is 25.5 Å². The Kier molecular flexibility index (Phi) is 3.65. The van der Waals surface area contributed by atoms with E-state index in [2.05, 4.69) is 44.6 Å². The first kappa shape index (κ1) is 13.3. The highest BCUT2D eigenvalue weighted by atomic mass is 16.5. The summed E-state index contributed by atoms with van der Waals surface area (Å²) in [5.74, 6) is 6.74. The van der Waals surface area contributed by atoms with E-state index in [0.717, 1.165) is 12.8 Å². The van der Waals surface area contributed by atoms with Crippen LogP contribution in [0.15, 0.2) is 30.5 Å². The Hall–Kier alpha value is -2.67. The van der Waals surface area contributed by atoms with E-state index in [-0.39, 0.29) is 5.95 Å². The number of nitrogens with two attached hydrogens (primary N) is 1. The molecule has 1 aromatic carbocycles. The largest absolute Gasteiger partial charge is 0.438 e. The molecule has 108 valence electrons. The molecule has 0 aliphatic heterocycles. The van der Waals surface area contributed by atoms with Crippen LogP contribution >= 0.6 is 0 Å². The molecule has 3 aromatic rings. The number of fused-ring (bicyclic) bond motifs is 1. The second kappa shape index (κ2) is 5.76. The van der Waals surface area contributed by atoms with Crippen LogP contribution in [0, 0.1) is 0 Å². The minimum absolute atomic E-state index is 0.268. The number of nitrogens with one attached hydrogen (secondary N) is 2. The number of H-pyrrole nitrogens is 1. The summed E-state index contributed by atoms with van der Waals surface area (Å²) in [5, 5.41) is 7.41. The zero-order valence-electron chi connectivity index (χ0n) is 11.6. The van der Waals surface area contributed by atoms with Crippen molar-refractivity contribution in [3.63, 3.8) is 0 Å². The minimum Gasteiger partial charge on any atom is -0.438 e. The molecule has 0 fully saturated rings. The van der Waals surface area contributed by atoms with E-state index in [9.17, 15) is 0 Å². The molecule has 0 aliphatic carbocycles. The first-order chi connectivity index (χ1) is 10.3. The van der Waals surface area contributed by atoms with Gasteiger partial charge in [0.2, 0.25) is 11.8 Å². The fourth-order valence-corrected chi connectivity index (χ4v) is 2.08. The number of ether oxygens (including phenoxy) is 1. The van der Waals surface area contributed by atoms with Crippen LogP contribution in [0.1, 0.15) is 18.9 Å². The van der Waals surface area contributed by atoms with E-state index in [1.807, 2.05) is 12.1 Å². The monoisotopic (exact) mass is 284 g/mol. The molecule has 21 heavy (non-hydrogen) atoms. The van der Waals surface area contributed by atoms with Crippen LogP contribution in [0.25, 0.3) is 11.0 Å². The second-order valence-electron chi connectivity index (χ2n) is 4.63. The average molecular weight is 284 g/mol. The lowest BCUT2D eigenvalue weighted by Crippen LogP contribution is -2.10. The van der Waals surface area contributed by atoms with E-state index in [0.29, 0.717) is 22.7 Å². The molecule has 7 nitrogen and oxygen atoms in total. The summed E-state index contributed by atoms with van der Waals surface area (Å²) in [7, 11) is 0. The van der Waals surface area contributed by atoms with Gasteiger partial charge in [0.25, 0.3) is 0 Å². The molecule has 2 heterocycles. The summed E-state index contributed by atoms with van der Waals surface area (Å²) in [6.45, 7) is 2.16. The van der Waals surface area contributed by atoms with Crippen molar-refractivity contribution in [3.8, 4) is 11.6 Å². The number of hydrogen-bond acceptors (Lipinski definition) is 6. The predicted molar refractivity (Wildman–Crippen MR) is 80.0 cm³/mol. The fraction of sp³-hybridized carbons (Fsp3) is 0.214. The number of rotatable bonds is 5. The molecule has 7 heteroatoms. The quantitative estimate of drug-likeness (QED) is 0.491. The third kappa shape index (κ3) is 2.77. The van der Waals surface area contributed by atoms with Crippen LogP contribution in [-0.2, 0) is 6.42 Å². The lowest BCUT2D eigenvalue weighted by atomic mass is 10.1. The third-order valence-electron chi connectivity index (χ3n) is 3.08. The topological polar surface area (TPSA) is 102 Å². The third-order valence-corrected chi connectivity index (χ3v) is 3.08. The van der Waals surface area contributed by atoms with Gasteiger partial charge in [-0.3, -0.25) is 10.5 Å². The molecular weight excluding hydrogens is 268 g/mol. The molecule has 0 saturated heterocycles. The molecular formula is C14H16N6O. The number of nitrogen functional groups attached to an aromatic ring is 1. The Morgan fingerprint density at radius 2 is 2.05 bits per heavy atom. The lowest BCUT2D eigenvalue weighted by molar-refractivity contribution is 0.469. The Balaban J connectivity index is 1.91. The molecule has 3 rings (SSSR count). The molecule has 0 bridgehead atoms. The Labute approximate surface area is 121 Å². The molecule has 0 amide bonds. The summed E-state index contributed by atoms with van der Waals surface area (Å²) in [6.07, 6.45) is 3.80. The summed E-state index contributed by atoms with van der Waals surface area (Å²) >= 11 is 0. The van der Waals surface area contributed by atoms with Crippen LogP contribution in [0.4, 0.5) is 5.95 Å². The van der Waals surface area contributed by atoms with Crippen molar-refractivity contribution in [3.05, 3.63) is 36.0 Å². The molecule has 0 saturated carbocycles. The number of aryl methyl sites for hydroxylation is 1. The van der Waals surface area contributed by atoms with Gasteiger partial charge in [-0.05, 0) is 24.1 Å². The lowest BCUT2D eigenvalue weighted by Gasteiger charge is -2.08. The SMILES string of the molecule is CCCc1ccc(Oc2nc(NN)nc3[nH]ncc23)cc1. The first-order valence-corrected chi connectivity index (χ1v) is 6.74. The van der Waals surface area contributed by atoms with Gasteiger partial charge in [-0.15, -0.1) is 0 Å². The Morgan fingerprint density at radius 3 is 2.76 bits per heavy atom. The maximum Gasteiger partial charge on any atom is 0.242 e. The van der Waals surface area contributed by atoms with E-state index in [1.165, 1.54) is 5.56 Å². The number of hydrogen-bond donors (Lipinski definition) is 3. The number of benzene rings is 1. The van der Waals surface area contributed by atoms with Gasteiger partial charge < -0.3 is 4.74 Å². The molecule has 0 unspecified atom stereocenters. The first-order valence-electron chi connectivity index (χ1n) is 6.74. The minimum atomic E-state index is 0.268. The van der Waals surface area contributed by atoms with Crippen molar-refractivity contribution >= 4 is 17.0 Å². The highest BCUT2D eigenvalue weighted by Gasteiger charge is 2.11. The van der Waals surface area contributed by atoms with Crippen molar-refractivity contribution in [1.82, 2.24) is 20.2 Å². The van der Waals surface area contributed by atoms with Crippen LogP contribution in [0.2, 0.25) is 0 Å². The number of aromatic nitrogens is 4. The molecule has 0 radical (unpaired) electrons. The predicted octanol–water partition coefficient (Wildman–Crippen LogP) is 2.38. The van der Waals surface area contributed by atoms with Crippen molar-refractivity contribution in [2.24, 2.45) is 5.84 Å². The Bertz CT molecular complexity index is 737. The van der Waals surface area contributed by atoms with Crippen molar-refractivity contribution in [1.29, 1.82) is 0 Å². The average Bonchev–Trinajstić information content (AvgIpc) is 2.98. The standard InChI is InChI=1S/C14H16N6O/c1-2-3-9-4-6-10(7-5-9)21-13-11-8-16-20-12(11)17-14(18-13)19-15/h4-8H,2-3,15H2,1H3,(H2,16,17,18,19,20). The van der Waals surface area contributed by atoms with Crippen molar-refractivity contribution in [2.45, 2.75) is 19.8 Å². The number of nitrogens with zero attached hydrogens (tertiary/aromatic N) is 3. The van der Waals surface area contributed by atoms with E-state index in [1.54, 1.807) is 6.20 Å². The molecule has 0 atom stereocenters. The zero-order chi connectivity index (χ0) is 14.7.